The lowest BCUT2D eigenvalue weighted by Crippen LogP contribution is -2.11. The van der Waals surface area contributed by atoms with Crippen molar-refractivity contribution >= 4 is 11.3 Å². The van der Waals surface area contributed by atoms with Crippen molar-refractivity contribution in [1.82, 2.24) is 10.3 Å². The Morgan fingerprint density at radius 2 is 2.00 bits per heavy atom. The van der Waals surface area contributed by atoms with Crippen LogP contribution in [-0.2, 0) is 12.0 Å². The third-order valence-corrected chi connectivity index (χ3v) is 5.16. The summed E-state index contributed by atoms with van der Waals surface area (Å²) in [6.45, 7) is 6.40. The van der Waals surface area contributed by atoms with E-state index >= 15 is 0 Å². The van der Waals surface area contributed by atoms with E-state index in [2.05, 4.69) is 49.5 Å². The van der Waals surface area contributed by atoms with Gasteiger partial charge in [0.1, 0.15) is 0 Å². The smallest absolute Gasteiger partial charge is 0.0994 e. The molecule has 100 valence electrons. The van der Waals surface area contributed by atoms with Gasteiger partial charge in [-0.25, -0.2) is 4.98 Å². The van der Waals surface area contributed by atoms with Gasteiger partial charge in [0.05, 0.1) is 10.7 Å². The Hall–Kier alpha value is -1.19. The van der Waals surface area contributed by atoms with E-state index in [9.17, 15) is 0 Å². The number of hydrogen-bond donors (Lipinski definition) is 1. The molecule has 2 aromatic rings. The number of benzene rings is 1. The largest absolute Gasteiger partial charge is 0.312 e. The van der Waals surface area contributed by atoms with Gasteiger partial charge in [-0.3, -0.25) is 0 Å². The molecule has 2 nitrogen and oxygen atoms in total. The second-order valence-corrected chi connectivity index (χ2v) is 6.58. The first-order valence-corrected chi connectivity index (χ1v) is 7.81. The number of nitrogens with zero attached hydrogens (tertiary/aromatic N) is 1. The van der Waals surface area contributed by atoms with Gasteiger partial charge in [0, 0.05) is 22.4 Å². The maximum Gasteiger partial charge on any atom is 0.0994 e. The molecule has 1 aliphatic carbocycles. The highest BCUT2D eigenvalue weighted by Gasteiger charge is 2.42. The van der Waals surface area contributed by atoms with Crippen molar-refractivity contribution in [3.8, 4) is 11.3 Å². The summed E-state index contributed by atoms with van der Waals surface area (Å²) in [5, 5.41) is 4.75. The van der Waals surface area contributed by atoms with Crippen molar-refractivity contribution < 1.29 is 0 Å². The first-order valence-electron chi connectivity index (χ1n) is 6.99. The number of thiazole rings is 1. The Kier molecular flexibility index (Phi) is 3.42. The van der Waals surface area contributed by atoms with E-state index in [-0.39, 0.29) is 0 Å². The molecule has 1 fully saturated rings. The molecule has 0 unspecified atom stereocenters. The third-order valence-electron chi connectivity index (χ3n) is 3.80. The molecule has 19 heavy (non-hydrogen) atoms. The number of nitrogens with one attached hydrogen (secondary N) is 1. The molecular formula is C16H20N2S. The van der Waals surface area contributed by atoms with Crippen LogP contribution in [0.1, 0.15) is 36.6 Å². The molecule has 1 aromatic heterocycles. The molecule has 1 N–H and O–H groups in total. The monoisotopic (exact) mass is 272 g/mol. The van der Waals surface area contributed by atoms with Crippen LogP contribution in [0.3, 0.4) is 0 Å². The third kappa shape index (κ3) is 2.58. The van der Waals surface area contributed by atoms with Crippen molar-refractivity contribution in [2.24, 2.45) is 0 Å². The van der Waals surface area contributed by atoms with Gasteiger partial charge < -0.3 is 5.32 Å². The van der Waals surface area contributed by atoms with Crippen molar-refractivity contribution in [3.05, 3.63) is 40.2 Å². The second kappa shape index (κ2) is 5.06. The maximum absolute atomic E-state index is 4.95. The van der Waals surface area contributed by atoms with Crippen molar-refractivity contribution in [2.45, 2.75) is 38.6 Å². The Balaban J connectivity index is 1.98. The van der Waals surface area contributed by atoms with E-state index in [0.717, 1.165) is 13.1 Å². The molecule has 1 saturated carbocycles. The fourth-order valence-corrected chi connectivity index (χ4v) is 3.45. The molecule has 1 heterocycles. The maximum atomic E-state index is 4.95. The molecule has 0 amide bonds. The quantitative estimate of drug-likeness (QED) is 0.891. The zero-order chi connectivity index (χ0) is 13.3. The average Bonchev–Trinajstić information content (AvgIpc) is 3.05. The van der Waals surface area contributed by atoms with E-state index < -0.39 is 0 Å². The molecule has 0 saturated heterocycles. The van der Waals surface area contributed by atoms with Gasteiger partial charge in [0.25, 0.3) is 0 Å². The van der Waals surface area contributed by atoms with Crippen LogP contribution < -0.4 is 5.32 Å². The summed E-state index contributed by atoms with van der Waals surface area (Å²) in [5.41, 5.74) is 2.77. The molecule has 0 spiro atoms. The molecule has 3 rings (SSSR count). The Morgan fingerprint density at radius 1 is 1.26 bits per heavy atom. The van der Waals surface area contributed by atoms with Gasteiger partial charge in [0.15, 0.2) is 0 Å². The van der Waals surface area contributed by atoms with Crippen molar-refractivity contribution in [3.63, 3.8) is 0 Å². The summed E-state index contributed by atoms with van der Waals surface area (Å²) in [4.78, 5) is 6.32. The van der Waals surface area contributed by atoms with Crippen LogP contribution in [-0.4, -0.2) is 11.5 Å². The van der Waals surface area contributed by atoms with E-state index in [1.165, 1.54) is 34.0 Å². The second-order valence-electron chi connectivity index (χ2n) is 5.50. The topological polar surface area (TPSA) is 24.9 Å². The van der Waals surface area contributed by atoms with Gasteiger partial charge in [-0.05, 0) is 19.4 Å². The van der Waals surface area contributed by atoms with Gasteiger partial charge in [-0.15, -0.1) is 11.3 Å². The molecular weight excluding hydrogens is 252 g/mol. The zero-order valence-corrected chi connectivity index (χ0v) is 12.4. The van der Waals surface area contributed by atoms with Crippen LogP contribution in [0, 0.1) is 0 Å². The summed E-state index contributed by atoms with van der Waals surface area (Å²) in [5.74, 6) is 0. The van der Waals surface area contributed by atoms with E-state index in [1.807, 2.05) is 11.3 Å². The fourth-order valence-electron chi connectivity index (χ4n) is 2.19. The van der Waals surface area contributed by atoms with Crippen LogP contribution in [0.25, 0.3) is 11.3 Å². The lowest BCUT2D eigenvalue weighted by molar-refractivity contribution is 0.735. The number of hydrogen-bond acceptors (Lipinski definition) is 3. The highest BCUT2D eigenvalue weighted by atomic mass is 32.1. The summed E-state index contributed by atoms with van der Waals surface area (Å²) in [6.07, 6.45) is 2.57. The SMILES string of the molecule is CCNCc1sc(C2(C)CC2)nc1-c1ccccc1. The highest BCUT2D eigenvalue weighted by Crippen LogP contribution is 2.50. The van der Waals surface area contributed by atoms with Gasteiger partial charge in [-0.2, -0.15) is 0 Å². The molecule has 3 heteroatoms. The first-order chi connectivity index (χ1) is 9.23. The van der Waals surface area contributed by atoms with Crippen molar-refractivity contribution in [2.75, 3.05) is 6.54 Å². The Labute approximate surface area is 118 Å². The summed E-state index contributed by atoms with van der Waals surface area (Å²) in [7, 11) is 0. The lowest BCUT2D eigenvalue weighted by Gasteiger charge is -2.02. The predicted octanol–water partition coefficient (Wildman–Crippen LogP) is 3.97. The predicted molar refractivity (Wildman–Crippen MR) is 81.5 cm³/mol. The minimum absolute atomic E-state index is 0.360. The van der Waals surface area contributed by atoms with Gasteiger partial charge in [0.2, 0.25) is 0 Å². The van der Waals surface area contributed by atoms with Crippen LogP contribution >= 0.6 is 11.3 Å². The van der Waals surface area contributed by atoms with E-state index in [1.54, 1.807) is 0 Å². The van der Waals surface area contributed by atoms with Crippen LogP contribution in [0.4, 0.5) is 0 Å². The first kappa shape index (κ1) is 12.8. The summed E-state index contributed by atoms with van der Waals surface area (Å²) < 4.78 is 0. The molecule has 0 aliphatic heterocycles. The average molecular weight is 272 g/mol. The van der Waals surface area contributed by atoms with Gasteiger partial charge >= 0.3 is 0 Å². The zero-order valence-electron chi connectivity index (χ0n) is 11.6. The van der Waals surface area contributed by atoms with E-state index in [0.29, 0.717) is 5.41 Å². The minimum Gasteiger partial charge on any atom is -0.312 e. The molecule has 0 radical (unpaired) electrons. The normalized spacial score (nSPS) is 16.5. The Morgan fingerprint density at radius 3 is 2.63 bits per heavy atom. The molecule has 0 atom stereocenters. The molecule has 1 aliphatic rings. The van der Waals surface area contributed by atoms with Crippen LogP contribution in [0.15, 0.2) is 30.3 Å². The van der Waals surface area contributed by atoms with Crippen molar-refractivity contribution in [1.29, 1.82) is 0 Å². The van der Waals surface area contributed by atoms with Crippen LogP contribution in [0.2, 0.25) is 0 Å². The highest BCUT2D eigenvalue weighted by molar-refractivity contribution is 7.12. The Bertz CT molecular complexity index is 555. The lowest BCUT2D eigenvalue weighted by atomic mass is 10.1. The standard InChI is InChI=1S/C16H20N2S/c1-3-17-11-13-14(12-7-5-4-6-8-12)18-15(19-13)16(2)9-10-16/h4-8,17H,3,9-11H2,1-2H3. The summed E-state index contributed by atoms with van der Waals surface area (Å²) >= 11 is 1.89. The minimum atomic E-state index is 0.360. The molecule has 0 bridgehead atoms. The van der Waals surface area contributed by atoms with Crippen LogP contribution in [0.5, 0.6) is 0 Å². The molecule has 1 aromatic carbocycles. The number of rotatable bonds is 5. The summed E-state index contributed by atoms with van der Waals surface area (Å²) in [6, 6.07) is 10.5. The van der Waals surface area contributed by atoms with E-state index in [4.69, 9.17) is 4.98 Å². The number of aromatic nitrogens is 1. The fraction of sp³-hybridized carbons (Fsp3) is 0.438. The van der Waals surface area contributed by atoms with Gasteiger partial charge in [-0.1, -0.05) is 44.2 Å².